The van der Waals surface area contributed by atoms with Crippen LogP contribution in [0.2, 0.25) is 0 Å². The van der Waals surface area contributed by atoms with Crippen LogP contribution in [-0.4, -0.2) is 35.8 Å². The van der Waals surface area contributed by atoms with E-state index < -0.39 is 5.79 Å². The van der Waals surface area contributed by atoms with Gasteiger partial charge in [-0.3, -0.25) is 5.21 Å². The van der Waals surface area contributed by atoms with E-state index in [1.165, 1.54) is 43.5 Å². The molecule has 4 fully saturated rings. The van der Waals surface area contributed by atoms with Crippen LogP contribution in [0.5, 0.6) is 0 Å². The SMILES string of the molecule is CC1CCC2(OC1)OC1C3C=CC4CC(OC(=O)c5ccc(N([O-])O)cc5)CC[C@]4(C)C3CCC1C2C. The van der Waals surface area contributed by atoms with Crippen molar-refractivity contribution in [2.24, 2.45) is 40.9 Å². The molecule has 7 nitrogen and oxygen atoms in total. The Morgan fingerprint density at radius 3 is 2.59 bits per heavy atom. The molecule has 10 atom stereocenters. The number of benzene rings is 1. The highest BCUT2D eigenvalue weighted by Crippen LogP contribution is 2.62. The third kappa shape index (κ3) is 4.22. The lowest BCUT2D eigenvalue weighted by atomic mass is 9.50. The first kappa shape index (κ1) is 25.4. The summed E-state index contributed by atoms with van der Waals surface area (Å²) in [6.45, 7) is 7.87. The molecule has 37 heavy (non-hydrogen) atoms. The number of allylic oxidation sites excluding steroid dienone is 1. The van der Waals surface area contributed by atoms with Crippen molar-refractivity contribution in [2.75, 3.05) is 11.8 Å². The molecule has 3 aliphatic carbocycles. The van der Waals surface area contributed by atoms with Crippen molar-refractivity contribution in [1.82, 2.24) is 0 Å². The molecule has 1 N–H and O–H groups in total. The highest BCUT2D eigenvalue weighted by atomic mass is 16.8. The monoisotopic (exact) mass is 510 g/mol. The van der Waals surface area contributed by atoms with E-state index in [2.05, 4.69) is 32.9 Å². The molecule has 2 saturated heterocycles. The molecule has 2 saturated carbocycles. The Kier molecular flexibility index (Phi) is 6.42. The molecule has 1 aromatic rings. The van der Waals surface area contributed by atoms with Gasteiger partial charge in [-0.05, 0) is 91.9 Å². The molecule has 0 bridgehead atoms. The maximum absolute atomic E-state index is 12.8. The van der Waals surface area contributed by atoms with Gasteiger partial charge in [0, 0.05) is 18.3 Å². The molecular formula is C30H40NO6-. The highest BCUT2D eigenvalue weighted by Gasteiger charge is 2.61. The number of ether oxygens (including phenoxy) is 3. The smallest absolute Gasteiger partial charge is 0.338 e. The van der Waals surface area contributed by atoms with Gasteiger partial charge in [0.1, 0.15) is 6.10 Å². The predicted octanol–water partition coefficient (Wildman–Crippen LogP) is 6.10. The molecule has 2 aliphatic heterocycles. The zero-order chi connectivity index (χ0) is 25.9. The minimum atomic E-state index is -0.393. The first-order valence-corrected chi connectivity index (χ1v) is 14.2. The fourth-order valence-electron chi connectivity index (χ4n) is 8.36. The molecule has 202 valence electrons. The molecule has 2 heterocycles. The van der Waals surface area contributed by atoms with Crippen LogP contribution in [0.15, 0.2) is 36.4 Å². The second-order valence-corrected chi connectivity index (χ2v) is 12.7. The molecule has 1 spiro atoms. The summed E-state index contributed by atoms with van der Waals surface area (Å²) in [5.74, 6) is 2.21. The Balaban J connectivity index is 1.14. The maximum Gasteiger partial charge on any atom is 0.338 e. The van der Waals surface area contributed by atoms with Gasteiger partial charge in [0.15, 0.2) is 5.79 Å². The van der Waals surface area contributed by atoms with Crippen LogP contribution in [0.3, 0.4) is 0 Å². The topological polar surface area (TPSA) is 91.3 Å². The summed E-state index contributed by atoms with van der Waals surface area (Å²) in [5, 5.41) is 19.8. The Bertz CT molecular complexity index is 1030. The molecule has 5 aliphatic rings. The van der Waals surface area contributed by atoms with E-state index in [1.54, 1.807) is 0 Å². The second-order valence-electron chi connectivity index (χ2n) is 12.7. The van der Waals surface area contributed by atoms with Crippen LogP contribution < -0.4 is 5.23 Å². The Morgan fingerprint density at radius 1 is 1.11 bits per heavy atom. The summed E-state index contributed by atoms with van der Waals surface area (Å²) >= 11 is 0. The average molecular weight is 511 g/mol. The molecule has 6 rings (SSSR count). The Hall–Kier alpha value is -1.93. The van der Waals surface area contributed by atoms with E-state index in [9.17, 15) is 10.0 Å². The second kappa shape index (κ2) is 9.37. The Labute approximate surface area is 219 Å². The lowest BCUT2D eigenvalue weighted by Gasteiger charge is -2.55. The van der Waals surface area contributed by atoms with Gasteiger partial charge in [0.2, 0.25) is 0 Å². The fourth-order valence-corrected chi connectivity index (χ4v) is 8.36. The molecule has 0 radical (unpaired) electrons. The van der Waals surface area contributed by atoms with E-state index in [-0.39, 0.29) is 34.5 Å². The number of hydrogen-bond donors (Lipinski definition) is 1. The van der Waals surface area contributed by atoms with E-state index in [0.29, 0.717) is 41.1 Å². The van der Waals surface area contributed by atoms with Crippen molar-refractivity contribution in [1.29, 1.82) is 0 Å². The normalized spacial score (nSPS) is 44.6. The van der Waals surface area contributed by atoms with E-state index in [1.807, 2.05) is 0 Å². The third-order valence-electron chi connectivity index (χ3n) is 10.7. The molecular weight excluding hydrogens is 470 g/mol. The quantitative estimate of drug-likeness (QED) is 0.298. The molecule has 7 heteroatoms. The molecule has 1 aromatic carbocycles. The summed E-state index contributed by atoms with van der Waals surface area (Å²) in [6, 6.07) is 5.86. The molecule has 0 amide bonds. The summed E-state index contributed by atoms with van der Waals surface area (Å²) < 4.78 is 19.3. The predicted molar refractivity (Wildman–Crippen MR) is 139 cm³/mol. The minimum Gasteiger partial charge on any atom is -0.733 e. The number of esters is 1. The van der Waals surface area contributed by atoms with Crippen molar-refractivity contribution >= 4 is 11.7 Å². The number of nitrogens with zero attached hydrogens (tertiary/aromatic N) is 1. The van der Waals surface area contributed by atoms with Crippen LogP contribution in [0.4, 0.5) is 5.69 Å². The third-order valence-corrected chi connectivity index (χ3v) is 10.7. The number of rotatable bonds is 3. The van der Waals surface area contributed by atoms with Crippen LogP contribution in [-0.2, 0) is 14.2 Å². The fraction of sp³-hybridized carbons (Fsp3) is 0.700. The largest absolute Gasteiger partial charge is 0.733 e. The molecule has 9 unspecified atom stereocenters. The van der Waals surface area contributed by atoms with Gasteiger partial charge in [-0.15, -0.1) is 0 Å². The van der Waals surface area contributed by atoms with Crippen molar-refractivity contribution in [3.05, 3.63) is 47.2 Å². The first-order chi connectivity index (χ1) is 17.7. The number of hydrogen-bond acceptors (Lipinski definition) is 7. The minimum absolute atomic E-state index is 0.0813. The van der Waals surface area contributed by atoms with Gasteiger partial charge in [-0.25, -0.2) is 4.79 Å². The zero-order valence-electron chi connectivity index (χ0n) is 22.2. The number of anilines is 1. The van der Waals surface area contributed by atoms with Crippen LogP contribution in [0.25, 0.3) is 0 Å². The van der Waals surface area contributed by atoms with Gasteiger partial charge in [0.05, 0.1) is 24.0 Å². The van der Waals surface area contributed by atoms with Crippen molar-refractivity contribution in [3.63, 3.8) is 0 Å². The molecule has 0 aromatic heterocycles. The average Bonchev–Trinajstić information content (AvgIpc) is 3.17. The summed E-state index contributed by atoms with van der Waals surface area (Å²) in [4.78, 5) is 12.8. The van der Waals surface area contributed by atoms with Gasteiger partial charge in [0.25, 0.3) is 0 Å². The van der Waals surface area contributed by atoms with Crippen molar-refractivity contribution in [3.8, 4) is 0 Å². The Morgan fingerprint density at radius 2 is 1.89 bits per heavy atom. The standard InChI is InChI=1S/C30H40NO6/c1-18-12-15-30(35-17-18)19(2)24-10-11-26-25(27(24)37-30)9-6-21-16-23(13-14-29(21,26)3)36-28(32)20-4-7-22(8-5-20)31(33)34/h4-9,18-19,21,23-27,33H,10-17H2,1-3H3/q-1/t18?,19?,21?,23?,24?,25?,26?,27?,29-,30?/m0/s1. The summed E-state index contributed by atoms with van der Waals surface area (Å²) in [5.41, 5.74) is 0.646. The zero-order valence-corrected chi connectivity index (χ0v) is 22.2. The van der Waals surface area contributed by atoms with Gasteiger partial charge < -0.3 is 24.6 Å². The van der Waals surface area contributed by atoms with E-state index >= 15 is 0 Å². The van der Waals surface area contributed by atoms with Crippen LogP contribution in [0.1, 0.15) is 76.1 Å². The maximum atomic E-state index is 12.8. The summed E-state index contributed by atoms with van der Waals surface area (Å²) in [6.07, 6.45) is 12.3. The summed E-state index contributed by atoms with van der Waals surface area (Å²) in [7, 11) is 0. The lowest BCUT2D eigenvalue weighted by Crippen LogP contribution is -2.52. The van der Waals surface area contributed by atoms with Gasteiger partial charge in [-0.2, -0.15) is 0 Å². The number of carbonyl (C=O) groups excluding carboxylic acids is 1. The highest BCUT2D eigenvalue weighted by molar-refractivity contribution is 5.90. The number of fused-ring (bicyclic) bond motifs is 5. The van der Waals surface area contributed by atoms with Gasteiger partial charge >= 0.3 is 5.97 Å². The van der Waals surface area contributed by atoms with Crippen molar-refractivity contribution < 1.29 is 24.2 Å². The first-order valence-electron chi connectivity index (χ1n) is 14.2. The van der Waals surface area contributed by atoms with Crippen LogP contribution >= 0.6 is 0 Å². The lowest BCUT2D eigenvalue weighted by molar-refractivity contribution is -0.275. The number of carbonyl (C=O) groups is 1. The van der Waals surface area contributed by atoms with E-state index in [4.69, 9.17) is 19.4 Å². The van der Waals surface area contributed by atoms with Gasteiger partial charge in [-0.1, -0.05) is 32.9 Å². The van der Waals surface area contributed by atoms with Crippen LogP contribution in [0, 0.1) is 46.1 Å². The van der Waals surface area contributed by atoms with Crippen molar-refractivity contribution in [2.45, 2.75) is 83.7 Å². The van der Waals surface area contributed by atoms with E-state index in [0.717, 1.165) is 32.3 Å².